The Balaban J connectivity index is 2.52. The van der Waals surface area contributed by atoms with Gasteiger partial charge in [0.1, 0.15) is 16.2 Å². The van der Waals surface area contributed by atoms with E-state index in [1.54, 1.807) is 12.4 Å². The number of ether oxygens (including phenoxy) is 1. The number of nitrogens with two attached hydrogens (primary N) is 1. The number of hydrogen-bond donors (Lipinski definition) is 1. The number of rotatable bonds is 2. The largest absolute Gasteiger partial charge is 0.456 e. The zero-order valence-electron chi connectivity index (χ0n) is 12.1. The van der Waals surface area contributed by atoms with Crippen molar-refractivity contribution in [2.24, 2.45) is 0 Å². The fourth-order valence-corrected chi connectivity index (χ4v) is 2.90. The second-order valence-corrected chi connectivity index (χ2v) is 6.77. The van der Waals surface area contributed by atoms with Gasteiger partial charge in [-0.05, 0) is 45.4 Å². The van der Waals surface area contributed by atoms with Gasteiger partial charge >= 0.3 is 5.97 Å². The van der Waals surface area contributed by atoms with Crippen LogP contribution in [0.25, 0.3) is 11.1 Å². The molecule has 4 nitrogen and oxygen atoms in total. The van der Waals surface area contributed by atoms with E-state index in [4.69, 9.17) is 10.5 Å². The minimum Gasteiger partial charge on any atom is -0.456 e. The van der Waals surface area contributed by atoms with E-state index in [1.165, 1.54) is 11.3 Å². The Morgan fingerprint density at radius 1 is 1.30 bits per heavy atom. The molecular weight excluding hydrogens is 272 g/mol. The van der Waals surface area contributed by atoms with Crippen molar-refractivity contribution in [1.29, 1.82) is 0 Å². The van der Waals surface area contributed by atoms with Gasteiger partial charge < -0.3 is 10.5 Å². The molecule has 0 saturated carbocycles. The highest BCUT2D eigenvalue weighted by Gasteiger charge is 2.26. The zero-order chi connectivity index (χ0) is 14.9. The van der Waals surface area contributed by atoms with Crippen LogP contribution < -0.4 is 5.73 Å². The average molecular weight is 290 g/mol. The smallest absolute Gasteiger partial charge is 0.342 e. The number of aryl methyl sites for hydroxylation is 1. The highest BCUT2D eigenvalue weighted by Crippen LogP contribution is 2.38. The lowest BCUT2D eigenvalue weighted by molar-refractivity contribution is 0.00721. The number of esters is 1. The number of aromatic nitrogens is 1. The molecule has 5 heteroatoms. The lowest BCUT2D eigenvalue weighted by Crippen LogP contribution is -2.24. The molecule has 2 heterocycles. The molecule has 2 N–H and O–H groups in total. The van der Waals surface area contributed by atoms with Crippen molar-refractivity contribution in [3.63, 3.8) is 0 Å². The van der Waals surface area contributed by atoms with E-state index < -0.39 is 5.60 Å². The van der Waals surface area contributed by atoms with Crippen LogP contribution in [0.5, 0.6) is 0 Å². The van der Waals surface area contributed by atoms with Gasteiger partial charge in [0.05, 0.1) is 0 Å². The molecule has 2 aromatic heterocycles. The molecule has 0 spiro atoms. The van der Waals surface area contributed by atoms with Gasteiger partial charge in [-0.1, -0.05) is 0 Å². The first-order chi connectivity index (χ1) is 9.29. The Bertz CT molecular complexity index is 627. The van der Waals surface area contributed by atoms with Crippen LogP contribution in [-0.2, 0) is 4.74 Å². The fourth-order valence-electron chi connectivity index (χ4n) is 1.96. The SMILES string of the molecule is Cc1sc(N)c(C(=O)OC(C)(C)C)c1-c1ccncc1. The van der Waals surface area contributed by atoms with Crippen LogP contribution in [0.4, 0.5) is 5.00 Å². The third-order valence-corrected chi connectivity index (χ3v) is 3.62. The van der Waals surface area contributed by atoms with Gasteiger partial charge in [-0.2, -0.15) is 0 Å². The number of carbonyl (C=O) groups is 1. The Hall–Kier alpha value is -1.88. The molecule has 0 amide bonds. The molecule has 0 aliphatic rings. The van der Waals surface area contributed by atoms with Crippen LogP contribution in [0.15, 0.2) is 24.5 Å². The van der Waals surface area contributed by atoms with E-state index in [9.17, 15) is 4.79 Å². The number of carbonyl (C=O) groups excluding carboxylic acids is 1. The maximum Gasteiger partial charge on any atom is 0.342 e. The minimum absolute atomic E-state index is 0.383. The second-order valence-electron chi connectivity index (χ2n) is 5.51. The van der Waals surface area contributed by atoms with Crippen LogP contribution in [-0.4, -0.2) is 16.6 Å². The van der Waals surface area contributed by atoms with Gasteiger partial charge in [-0.25, -0.2) is 4.79 Å². The summed E-state index contributed by atoms with van der Waals surface area (Å²) in [6.45, 7) is 7.47. The van der Waals surface area contributed by atoms with Crippen LogP contribution >= 0.6 is 11.3 Å². The summed E-state index contributed by atoms with van der Waals surface area (Å²) in [4.78, 5) is 17.4. The predicted molar refractivity (Wildman–Crippen MR) is 81.9 cm³/mol. The third-order valence-electron chi connectivity index (χ3n) is 2.68. The minimum atomic E-state index is -0.547. The van der Waals surface area contributed by atoms with Gasteiger partial charge in [0, 0.05) is 22.8 Å². The van der Waals surface area contributed by atoms with Crippen LogP contribution in [0.3, 0.4) is 0 Å². The normalized spacial score (nSPS) is 11.4. The van der Waals surface area contributed by atoms with Crippen molar-refractivity contribution in [2.75, 3.05) is 5.73 Å². The third kappa shape index (κ3) is 2.99. The Morgan fingerprint density at radius 2 is 1.90 bits per heavy atom. The molecular formula is C15H18N2O2S. The van der Waals surface area contributed by atoms with Gasteiger partial charge in [0.2, 0.25) is 0 Å². The molecule has 106 valence electrons. The van der Waals surface area contributed by atoms with Crippen molar-refractivity contribution in [3.8, 4) is 11.1 Å². The summed E-state index contributed by atoms with van der Waals surface area (Å²) in [6, 6.07) is 3.73. The predicted octanol–water partition coefficient (Wildman–Crippen LogP) is 3.66. The Morgan fingerprint density at radius 3 is 2.45 bits per heavy atom. The Kier molecular flexibility index (Phi) is 3.81. The molecule has 2 rings (SSSR count). The van der Waals surface area contributed by atoms with Gasteiger partial charge in [-0.15, -0.1) is 11.3 Å². The van der Waals surface area contributed by atoms with Gasteiger partial charge in [0.15, 0.2) is 0 Å². The quantitative estimate of drug-likeness (QED) is 0.857. The number of nitrogen functional groups attached to an aromatic ring is 1. The lowest BCUT2D eigenvalue weighted by atomic mass is 10.0. The highest BCUT2D eigenvalue weighted by molar-refractivity contribution is 7.16. The average Bonchev–Trinajstić information content (AvgIpc) is 2.63. The summed E-state index contributed by atoms with van der Waals surface area (Å²) in [5.41, 5.74) is 7.67. The standard InChI is InChI=1S/C15H18N2O2S/c1-9-11(10-5-7-17-8-6-10)12(13(16)20-9)14(18)19-15(2,3)4/h5-8H,16H2,1-4H3. The topological polar surface area (TPSA) is 65.2 Å². The molecule has 0 unspecified atom stereocenters. The van der Waals surface area contributed by atoms with Gasteiger partial charge in [0.25, 0.3) is 0 Å². The summed E-state index contributed by atoms with van der Waals surface area (Å²) in [5.74, 6) is -0.383. The number of nitrogens with zero attached hydrogens (tertiary/aromatic N) is 1. The molecule has 0 aromatic carbocycles. The molecule has 2 aromatic rings. The number of pyridine rings is 1. The molecule has 0 radical (unpaired) electrons. The van der Waals surface area contributed by atoms with E-state index in [-0.39, 0.29) is 5.97 Å². The van der Waals surface area contributed by atoms with E-state index in [0.717, 1.165) is 16.0 Å². The monoisotopic (exact) mass is 290 g/mol. The van der Waals surface area contributed by atoms with E-state index in [1.807, 2.05) is 39.8 Å². The van der Waals surface area contributed by atoms with Crippen molar-refractivity contribution in [2.45, 2.75) is 33.3 Å². The van der Waals surface area contributed by atoms with E-state index in [0.29, 0.717) is 10.6 Å². The Labute approximate surface area is 122 Å². The molecule has 0 fully saturated rings. The molecule has 0 atom stereocenters. The maximum absolute atomic E-state index is 12.4. The summed E-state index contributed by atoms with van der Waals surface area (Å²) >= 11 is 1.40. The highest BCUT2D eigenvalue weighted by atomic mass is 32.1. The molecule has 0 aliphatic heterocycles. The first-order valence-corrected chi connectivity index (χ1v) is 7.14. The first-order valence-electron chi connectivity index (χ1n) is 6.32. The van der Waals surface area contributed by atoms with Crippen LogP contribution in [0.2, 0.25) is 0 Å². The van der Waals surface area contributed by atoms with Crippen molar-refractivity contribution < 1.29 is 9.53 Å². The molecule has 0 bridgehead atoms. The summed E-state index contributed by atoms with van der Waals surface area (Å²) in [7, 11) is 0. The van der Waals surface area contributed by atoms with Crippen LogP contribution in [0.1, 0.15) is 36.0 Å². The van der Waals surface area contributed by atoms with Crippen molar-refractivity contribution >= 4 is 22.3 Å². The van der Waals surface area contributed by atoms with Crippen molar-refractivity contribution in [1.82, 2.24) is 4.98 Å². The molecule has 0 aliphatic carbocycles. The summed E-state index contributed by atoms with van der Waals surface area (Å²) in [6.07, 6.45) is 3.39. The zero-order valence-corrected chi connectivity index (χ0v) is 12.9. The van der Waals surface area contributed by atoms with E-state index >= 15 is 0 Å². The maximum atomic E-state index is 12.4. The number of thiophene rings is 1. The fraction of sp³-hybridized carbons (Fsp3) is 0.333. The lowest BCUT2D eigenvalue weighted by Gasteiger charge is -2.20. The van der Waals surface area contributed by atoms with Crippen LogP contribution in [0, 0.1) is 6.92 Å². The number of hydrogen-bond acceptors (Lipinski definition) is 5. The summed E-state index contributed by atoms with van der Waals surface area (Å²) < 4.78 is 5.45. The van der Waals surface area contributed by atoms with Crippen molar-refractivity contribution in [3.05, 3.63) is 35.0 Å². The van der Waals surface area contributed by atoms with E-state index in [2.05, 4.69) is 4.98 Å². The number of anilines is 1. The first kappa shape index (κ1) is 14.5. The molecule has 0 saturated heterocycles. The second kappa shape index (κ2) is 5.25. The summed E-state index contributed by atoms with van der Waals surface area (Å²) in [5, 5.41) is 0.489. The van der Waals surface area contributed by atoms with Gasteiger partial charge in [-0.3, -0.25) is 4.98 Å². The molecule has 20 heavy (non-hydrogen) atoms.